The van der Waals surface area contributed by atoms with Crippen molar-refractivity contribution in [1.82, 2.24) is 34.7 Å². The fourth-order valence-electron chi connectivity index (χ4n) is 3.33. The summed E-state index contributed by atoms with van der Waals surface area (Å²) >= 11 is 0. The molecule has 0 aliphatic rings. The predicted molar refractivity (Wildman–Crippen MR) is 129 cm³/mol. The molecule has 3 heterocycles. The summed E-state index contributed by atoms with van der Waals surface area (Å²) in [4.78, 5) is 16.3. The van der Waals surface area contributed by atoms with Gasteiger partial charge in [0.15, 0.2) is 17.3 Å². The van der Waals surface area contributed by atoms with Crippen molar-refractivity contribution in [3.63, 3.8) is 0 Å². The summed E-state index contributed by atoms with van der Waals surface area (Å²) < 4.78 is 41.2. The fraction of sp³-hybridized carbons (Fsp3) is 0.273. The van der Waals surface area contributed by atoms with Crippen molar-refractivity contribution < 1.29 is 23.0 Å². The first-order valence-electron chi connectivity index (χ1n) is 10.7. The van der Waals surface area contributed by atoms with Gasteiger partial charge in [-0.25, -0.2) is 18.4 Å². The van der Waals surface area contributed by atoms with E-state index < -0.39 is 21.4 Å². The zero-order chi connectivity index (χ0) is 25.9. The first kappa shape index (κ1) is 24.9. The van der Waals surface area contributed by atoms with Crippen molar-refractivity contribution in [3.05, 3.63) is 60.4 Å². The standard InChI is InChI=1S/C22H24N8O5S/c1-13-10-23-18(24-11-13)17(31)14(2)36(32,33)29-22-28-27-19(15-8-6-5-7-9-15)30(22)16-20(34-3)25-12-26-21(16)35-4/h5-12,14,17,31H,1-4H3,(H,28,29)/t14-,17-/m0/s1. The number of aryl methyl sites for hydroxylation is 1. The third kappa shape index (κ3) is 4.81. The second-order valence-corrected chi connectivity index (χ2v) is 9.74. The van der Waals surface area contributed by atoms with Crippen LogP contribution in [0, 0.1) is 6.92 Å². The topological polar surface area (TPSA) is 167 Å². The van der Waals surface area contributed by atoms with E-state index in [0.717, 1.165) is 5.56 Å². The first-order valence-corrected chi connectivity index (χ1v) is 12.2. The number of anilines is 1. The van der Waals surface area contributed by atoms with Gasteiger partial charge in [-0.2, -0.15) is 9.97 Å². The lowest BCUT2D eigenvalue weighted by Gasteiger charge is -2.20. The van der Waals surface area contributed by atoms with E-state index in [0.29, 0.717) is 5.56 Å². The molecule has 0 fully saturated rings. The monoisotopic (exact) mass is 512 g/mol. The lowest BCUT2D eigenvalue weighted by atomic mass is 10.2. The highest BCUT2D eigenvalue weighted by atomic mass is 32.2. The smallest absolute Gasteiger partial charge is 0.245 e. The van der Waals surface area contributed by atoms with E-state index in [4.69, 9.17) is 9.47 Å². The maximum atomic E-state index is 13.3. The van der Waals surface area contributed by atoms with Crippen LogP contribution in [-0.4, -0.2) is 67.7 Å². The van der Waals surface area contributed by atoms with Crippen LogP contribution in [0.1, 0.15) is 24.4 Å². The highest BCUT2D eigenvalue weighted by molar-refractivity contribution is 7.93. The Morgan fingerprint density at radius 2 is 1.58 bits per heavy atom. The maximum absolute atomic E-state index is 13.3. The van der Waals surface area contributed by atoms with Gasteiger partial charge in [-0.3, -0.25) is 9.29 Å². The Morgan fingerprint density at radius 1 is 0.972 bits per heavy atom. The summed E-state index contributed by atoms with van der Waals surface area (Å²) in [5.74, 6) is 0.254. The van der Waals surface area contributed by atoms with E-state index in [9.17, 15) is 13.5 Å². The molecule has 3 aromatic heterocycles. The number of aliphatic hydroxyl groups excluding tert-OH is 1. The molecule has 2 N–H and O–H groups in total. The van der Waals surface area contributed by atoms with E-state index in [2.05, 4.69) is 34.9 Å². The molecule has 0 bridgehead atoms. The molecule has 0 radical (unpaired) electrons. The Hall–Kier alpha value is -4.17. The Labute approximate surface area is 207 Å². The van der Waals surface area contributed by atoms with Crippen LogP contribution in [0.2, 0.25) is 0 Å². The third-order valence-electron chi connectivity index (χ3n) is 5.29. The summed E-state index contributed by atoms with van der Waals surface area (Å²) in [5, 5.41) is 17.6. The molecule has 14 heteroatoms. The van der Waals surface area contributed by atoms with Crippen molar-refractivity contribution >= 4 is 16.0 Å². The molecule has 0 saturated carbocycles. The highest BCUT2D eigenvalue weighted by Gasteiger charge is 2.34. The average Bonchev–Trinajstić information content (AvgIpc) is 3.30. The van der Waals surface area contributed by atoms with Crippen LogP contribution >= 0.6 is 0 Å². The van der Waals surface area contributed by atoms with Crippen LogP contribution in [0.3, 0.4) is 0 Å². The van der Waals surface area contributed by atoms with Crippen LogP contribution in [0.4, 0.5) is 5.95 Å². The first-order chi connectivity index (χ1) is 17.3. The molecule has 0 spiro atoms. The Bertz CT molecular complexity index is 1420. The summed E-state index contributed by atoms with van der Waals surface area (Å²) in [5.41, 5.74) is 1.58. The van der Waals surface area contributed by atoms with Crippen LogP contribution in [0.5, 0.6) is 11.8 Å². The van der Waals surface area contributed by atoms with E-state index in [1.54, 1.807) is 31.2 Å². The molecule has 0 unspecified atom stereocenters. The van der Waals surface area contributed by atoms with E-state index >= 15 is 0 Å². The third-order valence-corrected chi connectivity index (χ3v) is 7.00. The van der Waals surface area contributed by atoms with Crippen molar-refractivity contribution in [2.75, 3.05) is 18.9 Å². The number of nitrogens with zero attached hydrogens (tertiary/aromatic N) is 7. The summed E-state index contributed by atoms with van der Waals surface area (Å²) in [6.45, 7) is 3.12. The van der Waals surface area contributed by atoms with Gasteiger partial charge in [0, 0.05) is 18.0 Å². The molecular formula is C22H24N8O5S. The zero-order valence-corrected chi connectivity index (χ0v) is 20.7. The fourth-order valence-corrected chi connectivity index (χ4v) is 4.36. The Kier molecular flexibility index (Phi) is 7.07. The number of aliphatic hydroxyl groups is 1. The molecule has 0 saturated heterocycles. The number of rotatable bonds is 9. The molecule has 36 heavy (non-hydrogen) atoms. The molecular weight excluding hydrogens is 488 g/mol. The lowest BCUT2D eigenvalue weighted by Crippen LogP contribution is -2.32. The van der Waals surface area contributed by atoms with Gasteiger partial charge in [0.05, 0.1) is 14.2 Å². The van der Waals surface area contributed by atoms with Gasteiger partial charge in [0.25, 0.3) is 0 Å². The van der Waals surface area contributed by atoms with Crippen molar-refractivity contribution in [2.24, 2.45) is 0 Å². The highest BCUT2D eigenvalue weighted by Crippen LogP contribution is 2.35. The minimum absolute atomic E-state index is 0.0234. The van der Waals surface area contributed by atoms with Crippen molar-refractivity contribution in [1.29, 1.82) is 0 Å². The van der Waals surface area contributed by atoms with Gasteiger partial charge in [-0.15, -0.1) is 10.2 Å². The Morgan fingerprint density at radius 3 is 2.17 bits per heavy atom. The van der Waals surface area contributed by atoms with Gasteiger partial charge < -0.3 is 14.6 Å². The molecule has 4 rings (SSSR count). The van der Waals surface area contributed by atoms with Gasteiger partial charge in [0.2, 0.25) is 27.7 Å². The van der Waals surface area contributed by atoms with Gasteiger partial charge in [-0.1, -0.05) is 30.3 Å². The number of aromatic nitrogens is 7. The van der Waals surface area contributed by atoms with Crippen molar-refractivity contribution in [2.45, 2.75) is 25.2 Å². The number of hydrogen-bond donors (Lipinski definition) is 2. The van der Waals surface area contributed by atoms with E-state index in [1.807, 2.05) is 6.07 Å². The minimum Gasteiger partial charge on any atom is -0.479 e. The number of methoxy groups -OCH3 is 2. The van der Waals surface area contributed by atoms with Crippen LogP contribution in [0.25, 0.3) is 17.1 Å². The van der Waals surface area contributed by atoms with Crippen LogP contribution in [-0.2, 0) is 10.0 Å². The van der Waals surface area contributed by atoms with Gasteiger partial charge in [0.1, 0.15) is 17.7 Å². The predicted octanol–water partition coefficient (Wildman–Crippen LogP) is 1.70. The minimum atomic E-state index is -4.24. The van der Waals surface area contributed by atoms with Gasteiger partial charge >= 0.3 is 0 Å². The summed E-state index contributed by atoms with van der Waals surface area (Å²) in [6.07, 6.45) is 2.74. The molecule has 1 aromatic carbocycles. The van der Waals surface area contributed by atoms with Crippen LogP contribution < -0.4 is 14.2 Å². The van der Waals surface area contributed by atoms with Gasteiger partial charge in [-0.05, 0) is 19.4 Å². The number of benzene rings is 1. The summed E-state index contributed by atoms with van der Waals surface area (Å²) in [6, 6.07) is 8.99. The van der Waals surface area contributed by atoms with Crippen molar-refractivity contribution in [3.8, 4) is 28.8 Å². The quantitative estimate of drug-likeness (QED) is 0.335. The molecule has 188 valence electrons. The number of ether oxygens (including phenoxy) is 2. The molecule has 0 aliphatic carbocycles. The molecule has 2 atom stereocenters. The van der Waals surface area contributed by atoms with E-state index in [-0.39, 0.29) is 35.0 Å². The lowest BCUT2D eigenvalue weighted by molar-refractivity contribution is 0.166. The molecule has 0 aliphatic heterocycles. The normalized spacial score (nSPS) is 13.1. The Balaban J connectivity index is 1.81. The maximum Gasteiger partial charge on any atom is 0.245 e. The SMILES string of the molecule is COc1ncnc(OC)c1-n1c(NS(=O)(=O)[C@@H](C)[C@H](O)c2ncc(C)cn2)nnc1-c1ccccc1. The molecule has 0 amide bonds. The zero-order valence-electron chi connectivity index (χ0n) is 19.9. The second-order valence-electron chi connectivity index (χ2n) is 7.71. The number of hydrogen-bond acceptors (Lipinski definition) is 11. The molecule has 4 aromatic rings. The average molecular weight is 513 g/mol. The largest absolute Gasteiger partial charge is 0.479 e. The summed E-state index contributed by atoms with van der Waals surface area (Å²) in [7, 11) is -1.43. The molecule has 13 nitrogen and oxygen atoms in total. The second kappa shape index (κ2) is 10.2. The number of sulfonamides is 1. The van der Waals surface area contributed by atoms with Crippen LogP contribution in [0.15, 0.2) is 49.1 Å². The van der Waals surface area contributed by atoms with E-state index in [1.165, 1.54) is 44.4 Å². The number of nitrogens with one attached hydrogen (secondary N) is 1.